The molecule has 14 nitrogen and oxygen atoms in total. The lowest BCUT2D eigenvalue weighted by atomic mass is 9.93. The van der Waals surface area contributed by atoms with Crippen molar-refractivity contribution in [1.82, 2.24) is 19.5 Å². The standard InChI is InChI=1S/C19H32N5O9P/c1-5-18(4,33-34(30,31)19(29,6-2)7-3)8-9-11(25)12(26)15(32-9)24-13-10(21-17(24)28)14(27)23-16(20)22-13/h9,11-12,15,25-26,29H,5-8H2,1-4H3,(H,21,28)(H,30,31)(H3,20,22,23,27)/t9?,11-,12-,15-,18?/m1/s1. The van der Waals surface area contributed by atoms with Gasteiger partial charge in [0.1, 0.15) is 12.2 Å². The molecule has 0 aromatic carbocycles. The van der Waals surface area contributed by atoms with Crippen LogP contribution in [-0.4, -0.2) is 69.0 Å². The van der Waals surface area contributed by atoms with Crippen molar-refractivity contribution in [3.8, 4) is 0 Å². The van der Waals surface area contributed by atoms with Crippen LogP contribution in [-0.2, 0) is 13.8 Å². The van der Waals surface area contributed by atoms with Crippen molar-refractivity contribution in [2.75, 3.05) is 5.73 Å². The van der Waals surface area contributed by atoms with Gasteiger partial charge in [-0.15, -0.1) is 0 Å². The predicted molar refractivity (Wildman–Crippen MR) is 121 cm³/mol. The number of anilines is 1. The largest absolute Gasteiger partial charge is 0.388 e. The second-order valence-corrected chi connectivity index (χ2v) is 10.9. The van der Waals surface area contributed by atoms with Crippen LogP contribution in [0.1, 0.15) is 59.6 Å². The summed E-state index contributed by atoms with van der Waals surface area (Å²) < 4.78 is 25.1. The smallest absolute Gasteiger partial charge is 0.359 e. The Morgan fingerprint density at radius 2 is 1.79 bits per heavy atom. The van der Waals surface area contributed by atoms with Crippen LogP contribution in [0.2, 0.25) is 0 Å². The molecule has 2 aromatic heterocycles. The summed E-state index contributed by atoms with van der Waals surface area (Å²) in [5.41, 5.74) is 2.36. The van der Waals surface area contributed by atoms with Crippen molar-refractivity contribution in [3.05, 3.63) is 20.8 Å². The lowest BCUT2D eigenvalue weighted by Crippen LogP contribution is -2.40. The van der Waals surface area contributed by atoms with E-state index in [1.807, 2.05) is 0 Å². The minimum atomic E-state index is -4.53. The van der Waals surface area contributed by atoms with Gasteiger partial charge < -0.3 is 35.2 Å². The van der Waals surface area contributed by atoms with Crippen molar-refractivity contribution in [2.45, 2.75) is 88.9 Å². The van der Waals surface area contributed by atoms with Crippen LogP contribution in [0.3, 0.4) is 0 Å². The molecule has 8 N–H and O–H groups in total. The molecular formula is C19H32N5O9P. The molecule has 2 aromatic rings. The minimum Gasteiger partial charge on any atom is -0.388 e. The molecule has 0 saturated carbocycles. The predicted octanol–water partition coefficient (Wildman–Crippen LogP) is -0.116. The lowest BCUT2D eigenvalue weighted by molar-refractivity contribution is -0.0705. The van der Waals surface area contributed by atoms with E-state index in [1.165, 1.54) is 6.92 Å². The third-order valence-corrected chi connectivity index (χ3v) is 8.95. The Morgan fingerprint density at radius 3 is 2.35 bits per heavy atom. The number of aliphatic hydroxyl groups is 3. The first-order valence-electron chi connectivity index (χ1n) is 11.0. The quantitative estimate of drug-likeness (QED) is 0.222. The zero-order valence-electron chi connectivity index (χ0n) is 19.4. The second kappa shape index (κ2) is 9.19. The van der Waals surface area contributed by atoms with Gasteiger partial charge in [0.25, 0.3) is 5.56 Å². The summed E-state index contributed by atoms with van der Waals surface area (Å²) in [6.07, 6.45) is -5.65. The lowest BCUT2D eigenvalue weighted by Gasteiger charge is -2.38. The molecule has 15 heteroatoms. The summed E-state index contributed by atoms with van der Waals surface area (Å²) in [6, 6.07) is 0. The van der Waals surface area contributed by atoms with Crippen LogP contribution in [0.25, 0.3) is 11.2 Å². The molecular weight excluding hydrogens is 473 g/mol. The van der Waals surface area contributed by atoms with Crippen LogP contribution in [0.5, 0.6) is 0 Å². The zero-order valence-corrected chi connectivity index (χ0v) is 20.3. The first-order valence-corrected chi connectivity index (χ1v) is 12.6. The molecule has 3 heterocycles. The van der Waals surface area contributed by atoms with Crippen LogP contribution < -0.4 is 17.0 Å². The zero-order chi connectivity index (χ0) is 25.6. The van der Waals surface area contributed by atoms with E-state index in [9.17, 15) is 34.4 Å². The fraction of sp³-hybridized carbons (Fsp3) is 0.737. The maximum Gasteiger partial charge on any atom is 0.359 e. The summed E-state index contributed by atoms with van der Waals surface area (Å²) >= 11 is 0. The molecule has 6 atom stereocenters. The normalized spacial score (nSPS) is 27.1. The summed E-state index contributed by atoms with van der Waals surface area (Å²) in [7, 11) is -4.53. The SMILES string of the molecule is CCC(C)(CC1O[C@@H](n2c(=O)[nH]c3c(=O)[nH]c(N)nc32)[C@H](O)[C@@H]1O)OP(=O)(O)C(O)(CC)CC. The van der Waals surface area contributed by atoms with Gasteiger partial charge in [0.2, 0.25) is 5.95 Å². The molecule has 3 rings (SSSR count). The van der Waals surface area contributed by atoms with Crippen LogP contribution in [0.4, 0.5) is 5.95 Å². The molecule has 192 valence electrons. The first kappa shape index (κ1) is 26.5. The van der Waals surface area contributed by atoms with E-state index in [4.69, 9.17) is 15.0 Å². The summed E-state index contributed by atoms with van der Waals surface area (Å²) in [6.45, 7) is 6.34. The van der Waals surface area contributed by atoms with E-state index >= 15 is 0 Å². The number of aliphatic hydroxyl groups excluding tert-OH is 2. The Labute approximate surface area is 194 Å². The number of nitrogens with zero attached hydrogens (tertiary/aromatic N) is 2. The molecule has 1 fully saturated rings. The number of H-pyrrole nitrogens is 2. The van der Waals surface area contributed by atoms with Gasteiger partial charge in [0, 0.05) is 6.42 Å². The fourth-order valence-corrected chi connectivity index (χ4v) is 5.85. The highest BCUT2D eigenvalue weighted by atomic mass is 31.2. The summed E-state index contributed by atoms with van der Waals surface area (Å²) in [4.78, 5) is 43.6. The number of hydrogen-bond acceptors (Lipinski definition) is 10. The summed E-state index contributed by atoms with van der Waals surface area (Å²) in [5.74, 6) is -0.264. The van der Waals surface area contributed by atoms with E-state index in [1.54, 1.807) is 20.8 Å². The van der Waals surface area contributed by atoms with Crippen LogP contribution >= 0.6 is 7.60 Å². The Hall–Kier alpha value is -2.06. The number of nitrogens with one attached hydrogen (secondary N) is 2. The molecule has 0 spiro atoms. The van der Waals surface area contributed by atoms with E-state index < -0.39 is 54.3 Å². The number of nitrogens with two attached hydrogens (primary N) is 1. The molecule has 34 heavy (non-hydrogen) atoms. The van der Waals surface area contributed by atoms with Crippen molar-refractivity contribution >= 4 is 24.7 Å². The van der Waals surface area contributed by atoms with Crippen LogP contribution in [0, 0.1) is 0 Å². The minimum absolute atomic E-state index is 0.0147. The molecule has 0 bridgehead atoms. The maximum absolute atomic E-state index is 12.9. The Bertz CT molecular complexity index is 1200. The second-order valence-electron chi connectivity index (χ2n) is 8.81. The van der Waals surface area contributed by atoms with Gasteiger partial charge in [0.05, 0.1) is 11.7 Å². The van der Waals surface area contributed by atoms with Gasteiger partial charge in [-0.1, -0.05) is 20.8 Å². The monoisotopic (exact) mass is 505 g/mol. The molecule has 0 aliphatic carbocycles. The number of imidazole rings is 1. The Morgan fingerprint density at radius 1 is 1.18 bits per heavy atom. The van der Waals surface area contributed by atoms with Gasteiger partial charge in [-0.05, 0) is 26.2 Å². The van der Waals surface area contributed by atoms with E-state index in [0.717, 1.165) is 4.57 Å². The van der Waals surface area contributed by atoms with Crippen LogP contribution in [0.15, 0.2) is 9.59 Å². The van der Waals surface area contributed by atoms with E-state index in [0.29, 0.717) is 0 Å². The number of hydrogen-bond donors (Lipinski definition) is 7. The van der Waals surface area contributed by atoms with Gasteiger partial charge in [-0.2, -0.15) is 4.98 Å². The summed E-state index contributed by atoms with van der Waals surface area (Å²) in [5, 5.41) is 29.9. The van der Waals surface area contributed by atoms with Gasteiger partial charge in [-0.3, -0.25) is 19.3 Å². The third kappa shape index (κ3) is 4.47. The number of aromatic nitrogens is 4. The molecule has 0 radical (unpaired) electrons. The highest BCUT2D eigenvalue weighted by Gasteiger charge is 2.52. The topological polar surface area (TPSA) is 226 Å². The van der Waals surface area contributed by atoms with Crippen molar-refractivity contribution in [1.29, 1.82) is 0 Å². The highest BCUT2D eigenvalue weighted by Crippen LogP contribution is 2.60. The number of ether oxygens (including phenoxy) is 1. The number of rotatable bonds is 9. The van der Waals surface area contributed by atoms with Crippen molar-refractivity contribution < 1.29 is 34.0 Å². The molecule has 0 amide bonds. The molecule has 1 aliphatic heterocycles. The fourth-order valence-electron chi connectivity index (χ4n) is 4.08. The Kier molecular flexibility index (Phi) is 7.17. The number of fused-ring (bicyclic) bond motifs is 1. The molecule has 3 unspecified atom stereocenters. The molecule has 1 saturated heterocycles. The van der Waals surface area contributed by atoms with Crippen molar-refractivity contribution in [2.24, 2.45) is 0 Å². The maximum atomic E-state index is 12.9. The van der Waals surface area contributed by atoms with Gasteiger partial charge in [-0.25, -0.2) is 9.36 Å². The Balaban J connectivity index is 1.91. The van der Waals surface area contributed by atoms with Crippen molar-refractivity contribution in [3.63, 3.8) is 0 Å². The highest BCUT2D eigenvalue weighted by molar-refractivity contribution is 7.54. The van der Waals surface area contributed by atoms with Gasteiger partial charge in [0.15, 0.2) is 22.7 Å². The van der Waals surface area contributed by atoms with E-state index in [-0.39, 0.29) is 42.8 Å². The average molecular weight is 505 g/mol. The first-order chi connectivity index (χ1) is 15.7. The number of aromatic amines is 2. The molecule has 1 aliphatic rings. The van der Waals surface area contributed by atoms with E-state index in [2.05, 4.69) is 15.0 Å². The number of nitrogen functional groups attached to an aromatic ring is 1. The third-order valence-electron chi connectivity index (χ3n) is 6.57. The average Bonchev–Trinajstić information content (AvgIpc) is 3.23. The van der Waals surface area contributed by atoms with Gasteiger partial charge >= 0.3 is 13.3 Å².